The van der Waals surface area contributed by atoms with E-state index in [1.807, 2.05) is 30.3 Å². The Balaban J connectivity index is 1.58. The molecule has 0 saturated carbocycles. The second-order valence-corrected chi connectivity index (χ2v) is 5.46. The van der Waals surface area contributed by atoms with Crippen LogP contribution in [0, 0.1) is 5.82 Å². The lowest BCUT2D eigenvalue weighted by molar-refractivity contribution is 0.161. The molecule has 22 heavy (non-hydrogen) atoms. The first-order chi connectivity index (χ1) is 10.8. The highest BCUT2D eigenvalue weighted by atomic mass is 19.1. The molecule has 0 unspecified atom stereocenters. The third-order valence-electron chi connectivity index (χ3n) is 3.69. The maximum absolute atomic E-state index is 13.1. The molecule has 3 rings (SSSR count). The highest BCUT2D eigenvalue weighted by Gasteiger charge is 2.14. The molecule has 2 aromatic rings. The van der Waals surface area contributed by atoms with E-state index in [2.05, 4.69) is 5.32 Å². The van der Waals surface area contributed by atoms with Gasteiger partial charge in [0.05, 0.1) is 0 Å². The van der Waals surface area contributed by atoms with Gasteiger partial charge in [0.2, 0.25) is 0 Å². The van der Waals surface area contributed by atoms with Gasteiger partial charge in [0.1, 0.15) is 30.0 Å². The lowest BCUT2D eigenvalue weighted by Gasteiger charge is -2.24. The van der Waals surface area contributed by atoms with Crippen LogP contribution in [0.4, 0.5) is 4.39 Å². The number of nitrogens with one attached hydrogen (secondary N) is 1. The molecule has 1 heterocycles. The Labute approximate surface area is 130 Å². The van der Waals surface area contributed by atoms with Crippen molar-refractivity contribution in [3.05, 3.63) is 59.9 Å². The van der Waals surface area contributed by atoms with Crippen molar-refractivity contribution in [1.82, 2.24) is 5.32 Å². The van der Waals surface area contributed by atoms with Crippen LogP contribution >= 0.6 is 0 Å². The number of rotatable bonds is 5. The first-order valence-electron chi connectivity index (χ1n) is 7.64. The Morgan fingerprint density at radius 2 is 1.77 bits per heavy atom. The summed E-state index contributed by atoms with van der Waals surface area (Å²) in [5.74, 6) is 1.31. The van der Waals surface area contributed by atoms with Gasteiger partial charge in [0.25, 0.3) is 0 Å². The number of ether oxygens (including phenoxy) is 2. The predicted molar refractivity (Wildman–Crippen MR) is 83.7 cm³/mol. The summed E-state index contributed by atoms with van der Waals surface area (Å²) in [7, 11) is 0. The van der Waals surface area contributed by atoms with E-state index in [9.17, 15) is 4.39 Å². The molecule has 0 aliphatic carbocycles. The topological polar surface area (TPSA) is 30.5 Å². The summed E-state index contributed by atoms with van der Waals surface area (Å²) in [5.41, 5.74) is 0.810. The molecule has 1 fully saturated rings. The molecule has 4 heteroatoms. The van der Waals surface area contributed by atoms with E-state index in [0.717, 1.165) is 43.0 Å². The fourth-order valence-corrected chi connectivity index (χ4v) is 2.54. The van der Waals surface area contributed by atoms with Crippen LogP contribution < -0.4 is 14.8 Å². The largest absolute Gasteiger partial charge is 0.490 e. The van der Waals surface area contributed by atoms with Gasteiger partial charge in [-0.3, -0.25) is 0 Å². The van der Waals surface area contributed by atoms with Gasteiger partial charge in [0.15, 0.2) is 0 Å². The third kappa shape index (κ3) is 4.21. The smallest absolute Gasteiger partial charge is 0.123 e. The van der Waals surface area contributed by atoms with E-state index in [-0.39, 0.29) is 11.9 Å². The highest BCUT2D eigenvalue weighted by molar-refractivity contribution is 5.33. The van der Waals surface area contributed by atoms with Crippen LogP contribution in [0.1, 0.15) is 18.4 Å². The molecule has 1 aliphatic rings. The molecule has 0 bridgehead atoms. The van der Waals surface area contributed by atoms with Crippen LogP contribution in [-0.4, -0.2) is 19.2 Å². The van der Waals surface area contributed by atoms with E-state index < -0.39 is 0 Å². The van der Waals surface area contributed by atoms with Crippen molar-refractivity contribution < 1.29 is 13.9 Å². The SMILES string of the molecule is Fc1cccc(COc2cccc(OC3CCNCC3)c2)c1. The van der Waals surface area contributed by atoms with Crippen LogP contribution in [0.3, 0.4) is 0 Å². The molecule has 0 aromatic heterocycles. The Morgan fingerprint density at radius 3 is 2.59 bits per heavy atom. The Bertz CT molecular complexity index is 612. The molecular formula is C18H20FNO2. The summed E-state index contributed by atoms with van der Waals surface area (Å²) in [6.45, 7) is 2.34. The molecule has 1 N–H and O–H groups in total. The zero-order valence-corrected chi connectivity index (χ0v) is 12.4. The van der Waals surface area contributed by atoms with E-state index >= 15 is 0 Å². The lowest BCUT2D eigenvalue weighted by atomic mass is 10.1. The molecule has 3 nitrogen and oxygen atoms in total. The molecule has 1 saturated heterocycles. The van der Waals surface area contributed by atoms with Gasteiger partial charge in [-0.1, -0.05) is 18.2 Å². The van der Waals surface area contributed by atoms with Crippen LogP contribution in [0.2, 0.25) is 0 Å². The zero-order chi connectivity index (χ0) is 15.2. The third-order valence-corrected chi connectivity index (χ3v) is 3.69. The van der Waals surface area contributed by atoms with E-state index in [1.54, 1.807) is 6.07 Å². The first-order valence-corrected chi connectivity index (χ1v) is 7.64. The van der Waals surface area contributed by atoms with Gasteiger partial charge in [-0.25, -0.2) is 4.39 Å². The van der Waals surface area contributed by atoms with Crippen molar-refractivity contribution in [2.45, 2.75) is 25.6 Å². The minimum absolute atomic E-state index is 0.246. The second kappa shape index (κ2) is 7.27. The minimum atomic E-state index is -0.246. The van der Waals surface area contributed by atoms with Crippen LogP contribution in [0.5, 0.6) is 11.5 Å². The summed E-state index contributed by atoms with van der Waals surface area (Å²) >= 11 is 0. The Morgan fingerprint density at radius 1 is 1.00 bits per heavy atom. The van der Waals surface area contributed by atoms with Gasteiger partial charge >= 0.3 is 0 Å². The summed E-state index contributed by atoms with van der Waals surface area (Å²) in [6.07, 6.45) is 2.31. The van der Waals surface area contributed by atoms with Gasteiger partial charge in [-0.2, -0.15) is 0 Å². The van der Waals surface area contributed by atoms with Crippen LogP contribution in [0.15, 0.2) is 48.5 Å². The zero-order valence-electron chi connectivity index (χ0n) is 12.4. The Kier molecular flexibility index (Phi) is 4.91. The fraction of sp³-hybridized carbons (Fsp3) is 0.333. The molecular weight excluding hydrogens is 281 g/mol. The number of halogens is 1. The van der Waals surface area contributed by atoms with Crippen molar-refractivity contribution in [3.8, 4) is 11.5 Å². The quantitative estimate of drug-likeness (QED) is 0.916. The lowest BCUT2D eigenvalue weighted by Crippen LogP contribution is -2.34. The van der Waals surface area contributed by atoms with Gasteiger partial charge in [0, 0.05) is 6.07 Å². The number of piperidine rings is 1. The normalized spacial score (nSPS) is 15.5. The number of hydrogen-bond acceptors (Lipinski definition) is 3. The summed E-state index contributed by atoms with van der Waals surface area (Å²) in [6, 6.07) is 14.1. The molecule has 116 valence electrons. The first kappa shape index (κ1) is 14.9. The molecule has 0 spiro atoms. The van der Waals surface area contributed by atoms with Crippen molar-refractivity contribution in [1.29, 1.82) is 0 Å². The van der Waals surface area contributed by atoms with Gasteiger partial charge < -0.3 is 14.8 Å². The van der Waals surface area contributed by atoms with Crippen molar-refractivity contribution in [3.63, 3.8) is 0 Å². The summed E-state index contributed by atoms with van der Waals surface area (Å²) < 4.78 is 24.8. The van der Waals surface area contributed by atoms with Gasteiger partial charge in [-0.05, 0) is 55.8 Å². The number of hydrogen-bond donors (Lipinski definition) is 1. The minimum Gasteiger partial charge on any atom is -0.490 e. The second-order valence-electron chi connectivity index (χ2n) is 5.46. The Hall–Kier alpha value is -2.07. The fourth-order valence-electron chi connectivity index (χ4n) is 2.54. The number of benzene rings is 2. The predicted octanol–water partition coefficient (Wildman–Crippen LogP) is 3.54. The summed E-state index contributed by atoms with van der Waals surface area (Å²) in [5, 5.41) is 3.32. The maximum atomic E-state index is 13.1. The van der Waals surface area contributed by atoms with Crippen LogP contribution in [-0.2, 0) is 6.61 Å². The van der Waals surface area contributed by atoms with E-state index in [4.69, 9.17) is 9.47 Å². The standard InChI is InChI=1S/C18H20FNO2/c19-15-4-1-3-14(11-15)13-21-17-5-2-6-18(12-17)22-16-7-9-20-10-8-16/h1-6,11-12,16,20H,7-10,13H2. The monoisotopic (exact) mass is 301 g/mol. The van der Waals surface area contributed by atoms with Crippen molar-refractivity contribution in [2.24, 2.45) is 0 Å². The average Bonchev–Trinajstić information content (AvgIpc) is 2.54. The van der Waals surface area contributed by atoms with Gasteiger partial charge in [-0.15, -0.1) is 0 Å². The van der Waals surface area contributed by atoms with Crippen molar-refractivity contribution in [2.75, 3.05) is 13.1 Å². The average molecular weight is 301 g/mol. The van der Waals surface area contributed by atoms with Crippen molar-refractivity contribution >= 4 is 0 Å². The molecule has 0 atom stereocenters. The molecule has 1 aliphatic heterocycles. The van der Waals surface area contributed by atoms with E-state index in [0.29, 0.717) is 6.61 Å². The molecule has 0 amide bonds. The summed E-state index contributed by atoms with van der Waals surface area (Å²) in [4.78, 5) is 0. The van der Waals surface area contributed by atoms with E-state index in [1.165, 1.54) is 12.1 Å². The molecule has 0 radical (unpaired) electrons. The molecule has 2 aromatic carbocycles. The highest BCUT2D eigenvalue weighted by Crippen LogP contribution is 2.23. The van der Waals surface area contributed by atoms with Crippen LogP contribution in [0.25, 0.3) is 0 Å². The maximum Gasteiger partial charge on any atom is 0.123 e.